The van der Waals surface area contributed by atoms with Crippen LogP contribution in [-0.4, -0.2) is 76.4 Å². The van der Waals surface area contributed by atoms with Crippen molar-refractivity contribution in [2.45, 2.75) is 54.4 Å². The smallest absolute Gasteiger partial charge is 0.323 e. The largest absolute Gasteiger partial charge is 0.461 e. The number of hydrogen-bond acceptors (Lipinski definition) is 13. The van der Waals surface area contributed by atoms with E-state index in [1.165, 1.54) is 16.2 Å². The third kappa shape index (κ3) is 4.32. The van der Waals surface area contributed by atoms with Crippen LogP contribution in [0.15, 0.2) is 18.3 Å². The first kappa shape index (κ1) is 27.4. The fraction of sp³-hybridized carbons (Fsp3) is 0.536. The molecule has 4 aliphatic rings. The van der Waals surface area contributed by atoms with Crippen molar-refractivity contribution in [1.82, 2.24) is 24.8 Å². The molecule has 3 aromatic heterocycles. The molecule has 4 aliphatic heterocycles. The number of nitriles is 1. The second-order valence-corrected chi connectivity index (χ2v) is 14.2. The molecule has 3 aromatic rings. The monoisotopic (exact) mass is 608 g/mol. The minimum atomic E-state index is -0.842. The van der Waals surface area contributed by atoms with Gasteiger partial charge in [-0.2, -0.15) is 20.2 Å². The molecule has 14 heteroatoms. The standard InChI is InChI=1S/C28H33FN10OS2/c1-16(18-5-3-7-33-22(18)31)37(2)24-34-25(36-26(35-24)40-15-27-6-4-8-39(27)11-17(29)9-27)38-13-28(14-38)21-19(10-30)23(32)42-20(21)12-41-28/h3,5,7,16-17H,4,6,8-9,11-15,32H2,1-2H3,(H2,31,33)/t16-,17-,27+/m1/s1. The van der Waals surface area contributed by atoms with E-state index in [0.29, 0.717) is 60.9 Å². The Morgan fingerprint density at radius 1 is 1.31 bits per heavy atom. The molecule has 3 fully saturated rings. The SMILES string of the molecule is C[C@H](c1cccnc1N)N(C)c1nc(OC[C@@]23CCCN2C[C@H](F)C3)nc(N2CC3(C2)SCc2sc(N)c(C#N)c23)n1. The zero-order valence-corrected chi connectivity index (χ0v) is 25.2. The maximum atomic E-state index is 14.4. The lowest BCUT2D eigenvalue weighted by Gasteiger charge is -2.47. The number of nitrogen functional groups attached to an aromatic ring is 2. The number of aromatic nitrogens is 4. The number of rotatable bonds is 7. The molecule has 0 aliphatic carbocycles. The molecule has 4 N–H and O–H groups in total. The summed E-state index contributed by atoms with van der Waals surface area (Å²) in [6.45, 7) is 4.98. The topological polar surface area (TPSA) is 146 Å². The van der Waals surface area contributed by atoms with Crippen LogP contribution in [0.5, 0.6) is 6.01 Å². The highest BCUT2D eigenvalue weighted by atomic mass is 32.2. The summed E-state index contributed by atoms with van der Waals surface area (Å²) in [5.41, 5.74) is 14.6. The van der Waals surface area contributed by atoms with Crippen LogP contribution >= 0.6 is 23.1 Å². The predicted octanol–water partition coefficient (Wildman–Crippen LogP) is 3.48. The van der Waals surface area contributed by atoms with E-state index in [1.807, 2.05) is 42.8 Å². The van der Waals surface area contributed by atoms with E-state index in [2.05, 4.69) is 20.9 Å². The molecular weight excluding hydrogens is 576 g/mol. The number of ether oxygens (including phenoxy) is 1. The van der Waals surface area contributed by atoms with Gasteiger partial charge in [0, 0.05) is 61.1 Å². The van der Waals surface area contributed by atoms with Crippen molar-refractivity contribution in [1.29, 1.82) is 5.26 Å². The van der Waals surface area contributed by atoms with Crippen LogP contribution in [0.25, 0.3) is 0 Å². The number of nitrogens with two attached hydrogens (primary N) is 2. The van der Waals surface area contributed by atoms with E-state index in [-0.39, 0.29) is 22.3 Å². The van der Waals surface area contributed by atoms with E-state index in [9.17, 15) is 9.65 Å². The molecule has 7 rings (SSSR count). The van der Waals surface area contributed by atoms with Gasteiger partial charge in [0.2, 0.25) is 11.9 Å². The Kier molecular flexibility index (Phi) is 6.59. The van der Waals surface area contributed by atoms with E-state index < -0.39 is 6.17 Å². The van der Waals surface area contributed by atoms with Gasteiger partial charge in [0.1, 0.15) is 29.7 Å². The van der Waals surface area contributed by atoms with Gasteiger partial charge in [-0.3, -0.25) is 4.90 Å². The lowest BCUT2D eigenvalue weighted by Crippen LogP contribution is -2.57. The summed E-state index contributed by atoms with van der Waals surface area (Å²) in [6.07, 6.45) is 3.22. The second kappa shape index (κ2) is 10.1. The zero-order valence-electron chi connectivity index (χ0n) is 23.6. The van der Waals surface area contributed by atoms with E-state index in [4.69, 9.17) is 31.2 Å². The van der Waals surface area contributed by atoms with Crippen molar-refractivity contribution in [3.05, 3.63) is 39.9 Å². The molecule has 0 aromatic carbocycles. The van der Waals surface area contributed by atoms with Gasteiger partial charge in [-0.25, -0.2) is 9.37 Å². The molecule has 220 valence electrons. The highest BCUT2D eigenvalue weighted by Crippen LogP contribution is 2.57. The van der Waals surface area contributed by atoms with Crippen LogP contribution in [0.1, 0.15) is 53.8 Å². The number of alkyl halides is 1. The average molecular weight is 609 g/mol. The summed E-state index contributed by atoms with van der Waals surface area (Å²) < 4.78 is 20.5. The van der Waals surface area contributed by atoms with Gasteiger partial charge in [-0.15, -0.1) is 23.1 Å². The number of thioether (sulfide) groups is 1. The van der Waals surface area contributed by atoms with Gasteiger partial charge in [-0.05, 0) is 32.4 Å². The Hall–Kier alpha value is -3.41. The minimum Gasteiger partial charge on any atom is -0.461 e. The first-order valence-electron chi connectivity index (χ1n) is 14.1. The van der Waals surface area contributed by atoms with Crippen molar-refractivity contribution in [2.24, 2.45) is 0 Å². The molecule has 42 heavy (non-hydrogen) atoms. The molecule has 11 nitrogen and oxygen atoms in total. The fourth-order valence-electron chi connectivity index (χ4n) is 6.94. The normalized spacial score (nSPS) is 24.7. The first-order valence-corrected chi connectivity index (χ1v) is 15.9. The van der Waals surface area contributed by atoms with Crippen molar-refractivity contribution in [3.8, 4) is 12.1 Å². The molecule has 0 bridgehead atoms. The Morgan fingerprint density at radius 2 is 2.14 bits per heavy atom. The molecule has 3 atom stereocenters. The third-order valence-electron chi connectivity index (χ3n) is 9.27. The number of hydrogen-bond donors (Lipinski definition) is 2. The van der Waals surface area contributed by atoms with Gasteiger partial charge in [0.15, 0.2) is 0 Å². The fourth-order valence-corrected chi connectivity index (χ4v) is 9.75. The Bertz CT molecular complexity index is 1570. The third-order valence-corrected chi connectivity index (χ3v) is 11.9. The molecule has 0 unspecified atom stereocenters. The number of fused-ring (bicyclic) bond motifs is 3. The van der Waals surface area contributed by atoms with Crippen LogP contribution < -0.4 is 26.0 Å². The molecule has 0 saturated carbocycles. The van der Waals surface area contributed by atoms with Crippen LogP contribution in [0.2, 0.25) is 0 Å². The summed E-state index contributed by atoms with van der Waals surface area (Å²) in [6, 6.07) is 6.17. The number of anilines is 4. The van der Waals surface area contributed by atoms with E-state index in [0.717, 1.165) is 36.3 Å². The van der Waals surface area contributed by atoms with Crippen molar-refractivity contribution in [3.63, 3.8) is 0 Å². The van der Waals surface area contributed by atoms with Crippen LogP contribution in [0.4, 0.5) is 27.1 Å². The minimum absolute atomic E-state index is 0.171. The molecule has 1 spiro atoms. The Morgan fingerprint density at radius 3 is 2.93 bits per heavy atom. The summed E-state index contributed by atoms with van der Waals surface area (Å²) in [5.74, 6) is 2.24. The Balaban J connectivity index is 1.19. The maximum Gasteiger partial charge on any atom is 0.323 e. The lowest BCUT2D eigenvalue weighted by molar-refractivity contribution is 0.107. The van der Waals surface area contributed by atoms with Gasteiger partial charge in [0.05, 0.1) is 21.9 Å². The van der Waals surface area contributed by atoms with E-state index in [1.54, 1.807) is 6.20 Å². The number of pyridine rings is 1. The van der Waals surface area contributed by atoms with Crippen molar-refractivity contribution < 1.29 is 9.13 Å². The zero-order chi connectivity index (χ0) is 29.2. The molecule has 7 heterocycles. The summed E-state index contributed by atoms with van der Waals surface area (Å²) in [7, 11) is 1.91. The van der Waals surface area contributed by atoms with Gasteiger partial charge >= 0.3 is 6.01 Å². The molecule has 0 amide bonds. The summed E-state index contributed by atoms with van der Waals surface area (Å²) in [4.78, 5) is 26.0. The van der Waals surface area contributed by atoms with Crippen LogP contribution in [0, 0.1) is 11.3 Å². The maximum absolute atomic E-state index is 14.4. The van der Waals surface area contributed by atoms with Crippen molar-refractivity contribution in [2.75, 3.05) is 61.1 Å². The van der Waals surface area contributed by atoms with Gasteiger partial charge < -0.3 is 26.0 Å². The molecular formula is C28H33FN10OS2. The summed E-state index contributed by atoms with van der Waals surface area (Å²) in [5, 5.41) is 10.4. The highest BCUT2D eigenvalue weighted by molar-refractivity contribution is 8.00. The average Bonchev–Trinajstić information content (AvgIpc) is 3.68. The van der Waals surface area contributed by atoms with E-state index >= 15 is 0 Å². The quantitative estimate of drug-likeness (QED) is 0.405. The van der Waals surface area contributed by atoms with Crippen LogP contribution in [0.3, 0.4) is 0 Å². The van der Waals surface area contributed by atoms with Crippen LogP contribution in [-0.2, 0) is 10.5 Å². The van der Waals surface area contributed by atoms with Gasteiger partial charge in [0.25, 0.3) is 0 Å². The molecule has 3 saturated heterocycles. The summed E-state index contributed by atoms with van der Waals surface area (Å²) >= 11 is 3.36. The second-order valence-electron chi connectivity index (χ2n) is 11.7. The molecule has 0 radical (unpaired) electrons. The van der Waals surface area contributed by atoms with Gasteiger partial charge in [-0.1, -0.05) is 6.07 Å². The number of nitrogens with zero attached hydrogens (tertiary/aromatic N) is 8. The van der Waals surface area contributed by atoms with Crippen molar-refractivity contribution >= 4 is 45.8 Å². The number of halogens is 1. The first-order chi connectivity index (χ1) is 20.2. The lowest BCUT2D eigenvalue weighted by atomic mass is 9.88. The predicted molar refractivity (Wildman–Crippen MR) is 162 cm³/mol. The Labute approximate surface area is 252 Å². The highest BCUT2D eigenvalue weighted by Gasteiger charge is 2.53. The number of thiophene rings is 1.